The number of fused-ring (bicyclic) bond motifs is 1. The average molecular weight is 355 g/mol. The van der Waals surface area contributed by atoms with Crippen LogP contribution in [0.1, 0.15) is 12.5 Å². The summed E-state index contributed by atoms with van der Waals surface area (Å²) in [7, 11) is 1.63. The van der Waals surface area contributed by atoms with Gasteiger partial charge in [0.05, 0.1) is 24.5 Å². The predicted molar refractivity (Wildman–Crippen MR) is 103 cm³/mol. The molecule has 0 spiro atoms. The van der Waals surface area contributed by atoms with E-state index >= 15 is 0 Å². The van der Waals surface area contributed by atoms with Gasteiger partial charge in [-0.2, -0.15) is 11.8 Å². The molecule has 130 valence electrons. The maximum atomic E-state index is 12.8. The van der Waals surface area contributed by atoms with E-state index in [1.807, 2.05) is 59.6 Å². The van der Waals surface area contributed by atoms with Crippen LogP contribution >= 0.6 is 11.8 Å². The molecule has 0 bridgehead atoms. The summed E-state index contributed by atoms with van der Waals surface area (Å²) in [4.78, 5) is 17.2. The molecule has 0 aliphatic heterocycles. The van der Waals surface area contributed by atoms with E-state index in [9.17, 15) is 4.79 Å². The van der Waals surface area contributed by atoms with E-state index in [1.165, 1.54) is 0 Å². The summed E-state index contributed by atoms with van der Waals surface area (Å²) in [5, 5.41) is 3.96. The van der Waals surface area contributed by atoms with Crippen molar-refractivity contribution in [1.82, 2.24) is 9.55 Å². The lowest BCUT2D eigenvalue weighted by molar-refractivity contribution is -0.119. The van der Waals surface area contributed by atoms with Crippen LogP contribution in [0.15, 0.2) is 55.0 Å². The van der Waals surface area contributed by atoms with Crippen LogP contribution in [-0.2, 0) is 4.79 Å². The Balaban J connectivity index is 1.79. The van der Waals surface area contributed by atoms with Gasteiger partial charge in [0.15, 0.2) is 0 Å². The highest BCUT2D eigenvalue weighted by Gasteiger charge is 2.19. The van der Waals surface area contributed by atoms with Crippen molar-refractivity contribution in [3.05, 3.63) is 55.0 Å². The first kappa shape index (κ1) is 17.4. The van der Waals surface area contributed by atoms with Crippen molar-refractivity contribution in [3.63, 3.8) is 0 Å². The highest BCUT2D eigenvalue weighted by molar-refractivity contribution is 7.98. The number of amides is 1. The minimum absolute atomic E-state index is 0.0279. The molecule has 1 unspecified atom stereocenters. The standard InChI is InChI=1S/C19H21N3O2S/c1-24-16-6-5-14-11-15(13-20-17(14)12-16)21-19(23)18(7-10-25-2)22-8-3-4-9-22/h3-6,8-9,11-13,18H,7,10H2,1-2H3,(H,21,23). The third kappa shape index (κ3) is 4.14. The van der Waals surface area contributed by atoms with E-state index in [0.717, 1.165) is 28.8 Å². The van der Waals surface area contributed by atoms with Gasteiger partial charge in [-0.25, -0.2) is 0 Å². The van der Waals surface area contributed by atoms with Crippen molar-refractivity contribution in [2.75, 3.05) is 24.4 Å². The summed E-state index contributed by atoms with van der Waals surface area (Å²) in [5.74, 6) is 1.66. The fraction of sp³-hybridized carbons (Fsp3) is 0.263. The lowest BCUT2D eigenvalue weighted by atomic mass is 10.1. The van der Waals surface area contributed by atoms with Crippen molar-refractivity contribution in [3.8, 4) is 5.75 Å². The Morgan fingerprint density at radius 3 is 2.84 bits per heavy atom. The normalized spacial score (nSPS) is 12.1. The molecule has 6 heteroatoms. The number of rotatable bonds is 7. The molecule has 0 fully saturated rings. The molecule has 5 nitrogen and oxygen atoms in total. The van der Waals surface area contributed by atoms with Gasteiger partial charge in [-0.1, -0.05) is 0 Å². The maximum absolute atomic E-state index is 12.8. The zero-order chi connectivity index (χ0) is 17.6. The average Bonchev–Trinajstić information content (AvgIpc) is 3.16. The first-order chi connectivity index (χ1) is 12.2. The Bertz CT molecular complexity index is 849. The number of carbonyl (C=O) groups excluding carboxylic acids is 1. The number of nitrogens with one attached hydrogen (secondary N) is 1. The van der Waals surface area contributed by atoms with E-state index in [2.05, 4.69) is 10.3 Å². The Hall–Kier alpha value is -2.47. The number of hydrogen-bond donors (Lipinski definition) is 1. The van der Waals surface area contributed by atoms with Gasteiger partial charge >= 0.3 is 0 Å². The van der Waals surface area contributed by atoms with Crippen molar-refractivity contribution < 1.29 is 9.53 Å². The van der Waals surface area contributed by atoms with E-state index in [1.54, 1.807) is 25.1 Å². The molecular formula is C19H21N3O2S. The molecule has 0 aliphatic rings. The van der Waals surface area contributed by atoms with Gasteiger partial charge in [-0.05, 0) is 48.8 Å². The van der Waals surface area contributed by atoms with E-state index in [-0.39, 0.29) is 11.9 Å². The second-order valence-corrected chi connectivity index (χ2v) is 6.69. The van der Waals surface area contributed by atoms with Crippen LogP contribution in [0, 0.1) is 0 Å². The SMILES string of the molecule is COc1ccc2cc(NC(=O)C(CCSC)n3cccc3)cnc2c1. The molecule has 0 radical (unpaired) electrons. The van der Waals surface area contributed by atoms with Crippen molar-refractivity contribution in [2.45, 2.75) is 12.5 Å². The van der Waals surface area contributed by atoms with Crippen LogP contribution in [0.25, 0.3) is 10.9 Å². The van der Waals surface area contributed by atoms with Gasteiger partial charge in [0, 0.05) is 23.8 Å². The second-order valence-electron chi connectivity index (χ2n) is 5.70. The number of aromatic nitrogens is 2. The second kappa shape index (κ2) is 8.07. The van der Waals surface area contributed by atoms with E-state index in [0.29, 0.717) is 5.69 Å². The quantitative estimate of drug-likeness (QED) is 0.696. The van der Waals surface area contributed by atoms with Gasteiger partial charge in [0.1, 0.15) is 11.8 Å². The fourth-order valence-corrected chi connectivity index (χ4v) is 3.18. The Labute approximate surface area is 151 Å². The van der Waals surface area contributed by atoms with Gasteiger partial charge in [0.2, 0.25) is 5.91 Å². The van der Waals surface area contributed by atoms with Crippen LogP contribution in [0.4, 0.5) is 5.69 Å². The first-order valence-electron chi connectivity index (χ1n) is 8.07. The van der Waals surface area contributed by atoms with Crippen LogP contribution in [0.3, 0.4) is 0 Å². The molecule has 1 N–H and O–H groups in total. The molecule has 3 rings (SSSR count). The molecule has 2 heterocycles. The largest absolute Gasteiger partial charge is 0.497 e. The number of benzene rings is 1. The number of anilines is 1. The summed E-state index contributed by atoms with van der Waals surface area (Å²) < 4.78 is 7.16. The molecular weight excluding hydrogens is 334 g/mol. The summed E-state index contributed by atoms with van der Waals surface area (Å²) >= 11 is 1.74. The predicted octanol–water partition coefficient (Wildman–Crippen LogP) is 3.98. The van der Waals surface area contributed by atoms with Gasteiger partial charge < -0.3 is 14.6 Å². The minimum Gasteiger partial charge on any atom is -0.497 e. The number of ether oxygens (including phenoxy) is 1. The number of nitrogens with zero attached hydrogens (tertiary/aromatic N) is 2. The molecule has 0 aliphatic carbocycles. The summed E-state index contributed by atoms with van der Waals surface area (Å²) in [5.41, 5.74) is 1.53. The van der Waals surface area contributed by atoms with Crippen LogP contribution in [0.5, 0.6) is 5.75 Å². The Morgan fingerprint density at radius 1 is 1.32 bits per heavy atom. The number of carbonyl (C=O) groups is 1. The third-order valence-electron chi connectivity index (χ3n) is 4.04. The lowest BCUT2D eigenvalue weighted by Crippen LogP contribution is -2.26. The van der Waals surface area contributed by atoms with Crippen LogP contribution in [0.2, 0.25) is 0 Å². The van der Waals surface area contributed by atoms with Crippen molar-refractivity contribution >= 4 is 34.3 Å². The van der Waals surface area contributed by atoms with Crippen molar-refractivity contribution in [2.24, 2.45) is 0 Å². The smallest absolute Gasteiger partial charge is 0.247 e. The number of hydrogen-bond acceptors (Lipinski definition) is 4. The minimum atomic E-state index is -0.228. The molecule has 1 atom stereocenters. The van der Waals surface area contributed by atoms with Crippen molar-refractivity contribution in [1.29, 1.82) is 0 Å². The van der Waals surface area contributed by atoms with E-state index < -0.39 is 0 Å². The third-order valence-corrected chi connectivity index (χ3v) is 4.69. The molecule has 2 aromatic heterocycles. The zero-order valence-electron chi connectivity index (χ0n) is 14.3. The molecule has 25 heavy (non-hydrogen) atoms. The van der Waals surface area contributed by atoms with Crippen LogP contribution in [-0.4, -0.2) is 34.6 Å². The molecule has 0 saturated carbocycles. The fourth-order valence-electron chi connectivity index (χ4n) is 2.72. The van der Waals surface area contributed by atoms with Gasteiger partial charge in [-0.3, -0.25) is 9.78 Å². The topological polar surface area (TPSA) is 56.1 Å². The molecule has 3 aromatic rings. The Morgan fingerprint density at radius 2 is 2.12 bits per heavy atom. The van der Waals surface area contributed by atoms with Gasteiger partial charge in [-0.15, -0.1) is 0 Å². The molecule has 1 amide bonds. The lowest BCUT2D eigenvalue weighted by Gasteiger charge is -2.18. The summed E-state index contributed by atoms with van der Waals surface area (Å²) in [6.07, 6.45) is 8.36. The zero-order valence-corrected chi connectivity index (χ0v) is 15.1. The molecule has 0 saturated heterocycles. The molecule has 1 aromatic carbocycles. The highest BCUT2D eigenvalue weighted by Crippen LogP contribution is 2.23. The number of pyridine rings is 1. The summed E-state index contributed by atoms with van der Waals surface area (Å²) in [6, 6.07) is 11.3. The highest BCUT2D eigenvalue weighted by atomic mass is 32.2. The Kier molecular flexibility index (Phi) is 5.60. The maximum Gasteiger partial charge on any atom is 0.247 e. The number of methoxy groups -OCH3 is 1. The first-order valence-corrected chi connectivity index (χ1v) is 9.46. The number of thioether (sulfide) groups is 1. The van der Waals surface area contributed by atoms with Crippen LogP contribution < -0.4 is 10.1 Å². The van der Waals surface area contributed by atoms with Gasteiger partial charge in [0.25, 0.3) is 0 Å². The van der Waals surface area contributed by atoms with E-state index in [4.69, 9.17) is 4.74 Å². The monoisotopic (exact) mass is 355 g/mol. The summed E-state index contributed by atoms with van der Waals surface area (Å²) in [6.45, 7) is 0.